The van der Waals surface area contributed by atoms with Gasteiger partial charge in [-0.2, -0.15) is 0 Å². The highest BCUT2D eigenvalue weighted by atomic mass is 35.5. The first-order chi connectivity index (χ1) is 9.86. The van der Waals surface area contributed by atoms with E-state index in [4.69, 9.17) is 16.3 Å². The van der Waals surface area contributed by atoms with E-state index in [2.05, 4.69) is 11.4 Å². The van der Waals surface area contributed by atoms with E-state index < -0.39 is 6.09 Å². The molecule has 0 saturated heterocycles. The number of anilines is 1. The number of carbonyl (C=O) groups excluding carboxylic acids is 1. The molecule has 4 heteroatoms. The number of hydrogen-bond acceptors (Lipinski definition) is 2. The highest BCUT2D eigenvalue weighted by Crippen LogP contribution is 2.25. The van der Waals surface area contributed by atoms with Gasteiger partial charge in [-0.25, -0.2) is 4.79 Å². The second-order valence-electron chi connectivity index (χ2n) is 5.18. The van der Waals surface area contributed by atoms with E-state index in [1.807, 2.05) is 39.8 Å². The average Bonchev–Trinajstić information content (AvgIpc) is 2.39. The lowest BCUT2D eigenvalue weighted by molar-refractivity contribution is 0.215. The number of benzene rings is 2. The molecule has 0 aliphatic carbocycles. The second-order valence-corrected chi connectivity index (χ2v) is 5.62. The lowest BCUT2D eigenvalue weighted by Gasteiger charge is -2.13. The Hall–Kier alpha value is -2.00. The third-order valence-corrected chi connectivity index (χ3v) is 3.64. The summed E-state index contributed by atoms with van der Waals surface area (Å²) in [6.45, 7) is 7.79. The zero-order chi connectivity index (χ0) is 15.6. The van der Waals surface area contributed by atoms with Crippen LogP contribution in [0.25, 0.3) is 0 Å². The number of halogens is 1. The number of hydrogen-bond donors (Lipinski definition) is 1. The molecule has 0 unspecified atom stereocenters. The van der Waals surface area contributed by atoms with Crippen molar-refractivity contribution < 1.29 is 9.53 Å². The van der Waals surface area contributed by atoms with Gasteiger partial charge in [-0.3, -0.25) is 5.32 Å². The first-order valence-electron chi connectivity index (χ1n) is 6.69. The smallest absolute Gasteiger partial charge is 0.410 e. The highest BCUT2D eigenvalue weighted by molar-refractivity contribution is 6.31. The molecule has 3 nitrogen and oxygen atoms in total. The fourth-order valence-electron chi connectivity index (χ4n) is 2.07. The number of nitrogens with one attached hydrogen (secondary N) is 1. The predicted molar refractivity (Wildman–Crippen MR) is 86.5 cm³/mol. The van der Waals surface area contributed by atoms with Gasteiger partial charge in [-0.05, 0) is 68.1 Å². The fraction of sp³-hybridized carbons (Fsp3) is 0.235. The molecule has 21 heavy (non-hydrogen) atoms. The maximum atomic E-state index is 12.0. The minimum absolute atomic E-state index is 0.520. The maximum Gasteiger partial charge on any atom is 0.417 e. The molecular formula is C17H18ClNO2. The van der Waals surface area contributed by atoms with Crippen molar-refractivity contribution in [1.29, 1.82) is 0 Å². The molecule has 1 N–H and O–H groups in total. The van der Waals surface area contributed by atoms with Crippen molar-refractivity contribution in [2.75, 3.05) is 5.32 Å². The number of aryl methyl sites for hydroxylation is 3. The van der Waals surface area contributed by atoms with Gasteiger partial charge < -0.3 is 4.74 Å². The Bertz CT molecular complexity index is 695. The molecule has 0 spiro atoms. The Morgan fingerprint density at radius 3 is 2.48 bits per heavy atom. The molecule has 2 aromatic carbocycles. The van der Waals surface area contributed by atoms with E-state index in [1.165, 1.54) is 0 Å². The molecule has 0 aliphatic rings. The molecule has 2 rings (SSSR count). The Balaban J connectivity index is 2.17. The van der Waals surface area contributed by atoms with E-state index >= 15 is 0 Å². The number of rotatable bonds is 2. The standard InChI is InChI=1S/C17H18ClNO2/c1-10-7-12(3)13(4)16(8-10)21-17(20)19-15-9-14(18)6-5-11(15)2/h5-9H,1-4H3,(H,19,20). The third kappa shape index (κ3) is 3.76. The number of ether oxygens (including phenoxy) is 1. The minimum atomic E-state index is -0.520. The first kappa shape index (κ1) is 15.4. The summed E-state index contributed by atoms with van der Waals surface area (Å²) in [6.07, 6.45) is -0.520. The second kappa shape index (κ2) is 6.19. The molecule has 0 aliphatic heterocycles. The predicted octanol–water partition coefficient (Wildman–Crippen LogP) is 5.18. The van der Waals surface area contributed by atoms with Gasteiger partial charge >= 0.3 is 6.09 Å². The van der Waals surface area contributed by atoms with Gasteiger partial charge in [0.15, 0.2) is 0 Å². The molecule has 0 atom stereocenters. The summed E-state index contributed by atoms with van der Waals surface area (Å²) in [7, 11) is 0. The molecule has 0 saturated carbocycles. The van der Waals surface area contributed by atoms with Crippen LogP contribution in [0.2, 0.25) is 5.02 Å². The van der Waals surface area contributed by atoms with Crippen LogP contribution in [-0.2, 0) is 0 Å². The van der Waals surface area contributed by atoms with Crippen LogP contribution in [0.5, 0.6) is 5.75 Å². The van der Waals surface area contributed by atoms with Crippen LogP contribution in [0, 0.1) is 27.7 Å². The monoisotopic (exact) mass is 303 g/mol. The van der Waals surface area contributed by atoms with Gasteiger partial charge in [0.25, 0.3) is 0 Å². The molecule has 110 valence electrons. The molecular weight excluding hydrogens is 286 g/mol. The summed E-state index contributed by atoms with van der Waals surface area (Å²) >= 11 is 5.94. The molecule has 0 aromatic heterocycles. The topological polar surface area (TPSA) is 38.3 Å². The maximum absolute atomic E-state index is 12.0. The summed E-state index contributed by atoms with van der Waals surface area (Å²) in [5.41, 5.74) is 4.68. The highest BCUT2D eigenvalue weighted by Gasteiger charge is 2.11. The van der Waals surface area contributed by atoms with Gasteiger partial charge in [-0.1, -0.05) is 23.7 Å². The van der Waals surface area contributed by atoms with Crippen molar-refractivity contribution in [3.63, 3.8) is 0 Å². The Kier molecular flexibility index (Phi) is 4.53. The first-order valence-corrected chi connectivity index (χ1v) is 7.07. The van der Waals surface area contributed by atoms with Crippen molar-refractivity contribution in [1.82, 2.24) is 0 Å². The van der Waals surface area contributed by atoms with Gasteiger partial charge in [0.05, 0.1) is 0 Å². The van der Waals surface area contributed by atoms with Gasteiger partial charge in [0.1, 0.15) is 5.75 Å². The molecule has 0 fully saturated rings. The van der Waals surface area contributed by atoms with Crippen LogP contribution < -0.4 is 10.1 Å². The van der Waals surface area contributed by atoms with Crippen LogP contribution in [0.4, 0.5) is 10.5 Å². The van der Waals surface area contributed by atoms with Crippen LogP contribution in [0.3, 0.4) is 0 Å². The van der Waals surface area contributed by atoms with Crippen molar-refractivity contribution in [2.45, 2.75) is 27.7 Å². The average molecular weight is 304 g/mol. The van der Waals surface area contributed by atoms with E-state index in [9.17, 15) is 4.79 Å². The van der Waals surface area contributed by atoms with E-state index in [1.54, 1.807) is 12.1 Å². The normalized spacial score (nSPS) is 10.3. The fourth-order valence-corrected chi connectivity index (χ4v) is 2.24. The van der Waals surface area contributed by atoms with Crippen molar-refractivity contribution in [2.24, 2.45) is 0 Å². The van der Waals surface area contributed by atoms with E-state index in [-0.39, 0.29) is 0 Å². The summed E-state index contributed by atoms with van der Waals surface area (Å²) in [5.74, 6) is 0.574. The van der Waals surface area contributed by atoms with Crippen LogP contribution in [0.15, 0.2) is 30.3 Å². The van der Waals surface area contributed by atoms with Crippen LogP contribution in [-0.4, -0.2) is 6.09 Å². The van der Waals surface area contributed by atoms with Gasteiger partial charge in [0.2, 0.25) is 0 Å². The minimum Gasteiger partial charge on any atom is -0.410 e. The largest absolute Gasteiger partial charge is 0.417 e. The van der Waals surface area contributed by atoms with Crippen molar-refractivity contribution in [3.8, 4) is 5.75 Å². The molecule has 0 bridgehead atoms. The molecule has 1 amide bonds. The van der Waals surface area contributed by atoms with E-state index in [0.717, 1.165) is 22.3 Å². The lowest BCUT2D eigenvalue weighted by Crippen LogP contribution is -2.18. The SMILES string of the molecule is Cc1cc(C)c(C)c(OC(=O)Nc2cc(Cl)ccc2C)c1. The van der Waals surface area contributed by atoms with Gasteiger partial charge in [-0.15, -0.1) is 0 Å². The number of amides is 1. The lowest BCUT2D eigenvalue weighted by atomic mass is 10.1. The Morgan fingerprint density at radius 1 is 1.05 bits per heavy atom. The van der Waals surface area contributed by atoms with Crippen LogP contribution in [0.1, 0.15) is 22.3 Å². The zero-order valence-corrected chi connectivity index (χ0v) is 13.3. The number of carbonyl (C=O) groups is 1. The van der Waals surface area contributed by atoms with E-state index in [0.29, 0.717) is 16.5 Å². The summed E-state index contributed by atoms with van der Waals surface area (Å²) in [4.78, 5) is 12.0. The summed E-state index contributed by atoms with van der Waals surface area (Å²) in [5, 5.41) is 3.29. The Labute approximate surface area is 129 Å². The Morgan fingerprint density at radius 2 is 1.76 bits per heavy atom. The molecule has 2 aromatic rings. The quantitative estimate of drug-likeness (QED) is 0.829. The molecule has 0 radical (unpaired) electrons. The zero-order valence-electron chi connectivity index (χ0n) is 12.6. The van der Waals surface area contributed by atoms with Crippen molar-refractivity contribution >= 4 is 23.4 Å². The third-order valence-electron chi connectivity index (χ3n) is 3.40. The van der Waals surface area contributed by atoms with Crippen molar-refractivity contribution in [3.05, 3.63) is 57.6 Å². The van der Waals surface area contributed by atoms with Gasteiger partial charge in [0, 0.05) is 10.7 Å². The summed E-state index contributed by atoms with van der Waals surface area (Å²) in [6, 6.07) is 9.24. The molecule has 0 heterocycles. The summed E-state index contributed by atoms with van der Waals surface area (Å²) < 4.78 is 5.41. The van der Waals surface area contributed by atoms with Crippen LogP contribution >= 0.6 is 11.6 Å².